The van der Waals surface area contributed by atoms with Crippen molar-refractivity contribution in [2.24, 2.45) is 11.8 Å². The standard InChI is InChI=1S/C14H28O/c1-3-5-8-12(4-2)11-14(15)13-9-6-7-10-13/h12-15H,3-11H2,1-2H3. The lowest BCUT2D eigenvalue weighted by molar-refractivity contribution is 0.0813. The van der Waals surface area contributed by atoms with E-state index in [2.05, 4.69) is 13.8 Å². The first kappa shape index (κ1) is 13.0. The predicted molar refractivity (Wildman–Crippen MR) is 65.9 cm³/mol. The van der Waals surface area contributed by atoms with Gasteiger partial charge in [-0.05, 0) is 31.1 Å². The molecule has 0 aromatic carbocycles. The van der Waals surface area contributed by atoms with E-state index < -0.39 is 0 Å². The first-order chi connectivity index (χ1) is 7.27. The number of rotatable bonds is 7. The van der Waals surface area contributed by atoms with E-state index in [1.807, 2.05) is 0 Å². The molecule has 0 spiro atoms. The Labute approximate surface area is 95.3 Å². The van der Waals surface area contributed by atoms with Crippen LogP contribution in [0.5, 0.6) is 0 Å². The summed E-state index contributed by atoms with van der Waals surface area (Å²) in [7, 11) is 0. The minimum Gasteiger partial charge on any atom is -0.393 e. The van der Waals surface area contributed by atoms with Crippen LogP contribution in [0.25, 0.3) is 0 Å². The number of unbranched alkanes of at least 4 members (excludes halogenated alkanes) is 1. The van der Waals surface area contributed by atoms with Crippen LogP contribution in [0.2, 0.25) is 0 Å². The van der Waals surface area contributed by atoms with Crippen LogP contribution >= 0.6 is 0 Å². The number of hydrogen-bond acceptors (Lipinski definition) is 1. The van der Waals surface area contributed by atoms with Crippen molar-refractivity contribution in [3.8, 4) is 0 Å². The topological polar surface area (TPSA) is 20.2 Å². The van der Waals surface area contributed by atoms with Gasteiger partial charge in [-0.15, -0.1) is 0 Å². The van der Waals surface area contributed by atoms with Crippen LogP contribution in [-0.2, 0) is 0 Å². The maximum Gasteiger partial charge on any atom is 0.0571 e. The van der Waals surface area contributed by atoms with E-state index in [4.69, 9.17) is 0 Å². The van der Waals surface area contributed by atoms with Gasteiger partial charge in [0.05, 0.1) is 6.10 Å². The number of aliphatic hydroxyl groups is 1. The zero-order valence-corrected chi connectivity index (χ0v) is 10.5. The molecule has 0 bridgehead atoms. The molecule has 1 heteroatoms. The van der Waals surface area contributed by atoms with Crippen LogP contribution in [0.3, 0.4) is 0 Å². The SMILES string of the molecule is CCCCC(CC)CC(O)C1CCCC1. The van der Waals surface area contributed by atoms with Crippen LogP contribution in [0.15, 0.2) is 0 Å². The van der Waals surface area contributed by atoms with Gasteiger partial charge in [-0.3, -0.25) is 0 Å². The van der Waals surface area contributed by atoms with Crippen molar-refractivity contribution in [2.45, 2.75) is 77.7 Å². The van der Waals surface area contributed by atoms with Crippen molar-refractivity contribution >= 4 is 0 Å². The molecule has 1 fully saturated rings. The lowest BCUT2D eigenvalue weighted by atomic mass is 9.87. The molecule has 0 aromatic heterocycles. The van der Waals surface area contributed by atoms with Crippen molar-refractivity contribution in [1.82, 2.24) is 0 Å². The highest BCUT2D eigenvalue weighted by molar-refractivity contribution is 4.76. The lowest BCUT2D eigenvalue weighted by Crippen LogP contribution is -2.21. The molecule has 2 unspecified atom stereocenters. The molecule has 0 aromatic rings. The fourth-order valence-electron chi connectivity index (χ4n) is 2.86. The molecule has 1 rings (SSSR count). The van der Waals surface area contributed by atoms with Gasteiger partial charge in [-0.2, -0.15) is 0 Å². The molecule has 2 atom stereocenters. The summed E-state index contributed by atoms with van der Waals surface area (Å²) in [6, 6.07) is 0. The van der Waals surface area contributed by atoms with Gasteiger partial charge < -0.3 is 5.11 Å². The molecule has 1 aliphatic carbocycles. The van der Waals surface area contributed by atoms with Gasteiger partial charge in [0.25, 0.3) is 0 Å². The molecule has 1 nitrogen and oxygen atoms in total. The Morgan fingerprint density at radius 3 is 2.40 bits per heavy atom. The summed E-state index contributed by atoms with van der Waals surface area (Å²) in [6.45, 7) is 4.52. The third-order valence-corrected chi connectivity index (χ3v) is 4.06. The lowest BCUT2D eigenvalue weighted by Gasteiger charge is -2.23. The van der Waals surface area contributed by atoms with Crippen molar-refractivity contribution in [1.29, 1.82) is 0 Å². The Kier molecular flexibility index (Phi) is 6.31. The van der Waals surface area contributed by atoms with E-state index in [9.17, 15) is 5.11 Å². The Hall–Kier alpha value is -0.0400. The molecule has 0 saturated heterocycles. The summed E-state index contributed by atoms with van der Waals surface area (Å²) >= 11 is 0. The van der Waals surface area contributed by atoms with Gasteiger partial charge in [0, 0.05) is 0 Å². The smallest absolute Gasteiger partial charge is 0.0571 e. The second-order valence-electron chi connectivity index (χ2n) is 5.26. The van der Waals surface area contributed by atoms with Crippen molar-refractivity contribution in [2.75, 3.05) is 0 Å². The van der Waals surface area contributed by atoms with E-state index in [0.29, 0.717) is 5.92 Å². The third-order valence-electron chi connectivity index (χ3n) is 4.06. The van der Waals surface area contributed by atoms with Crippen molar-refractivity contribution in [3.05, 3.63) is 0 Å². The minimum atomic E-state index is -0.00527. The van der Waals surface area contributed by atoms with E-state index in [1.165, 1.54) is 51.4 Å². The molecular formula is C14H28O. The molecule has 0 aliphatic heterocycles. The second-order valence-corrected chi connectivity index (χ2v) is 5.26. The quantitative estimate of drug-likeness (QED) is 0.672. The fourth-order valence-corrected chi connectivity index (χ4v) is 2.86. The fraction of sp³-hybridized carbons (Fsp3) is 1.00. The van der Waals surface area contributed by atoms with Gasteiger partial charge in [-0.25, -0.2) is 0 Å². The predicted octanol–water partition coefficient (Wildman–Crippen LogP) is 4.14. The highest BCUT2D eigenvalue weighted by atomic mass is 16.3. The van der Waals surface area contributed by atoms with E-state index in [0.717, 1.165) is 12.3 Å². The number of hydrogen-bond donors (Lipinski definition) is 1. The van der Waals surface area contributed by atoms with Gasteiger partial charge in [0.1, 0.15) is 0 Å². The number of aliphatic hydroxyl groups excluding tert-OH is 1. The van der Waals surface area contributed by atoms with Crippen LogP contribution in [0.1, 0.15) is 71.6 Å². The summed E-state index contributed by atoms with van der Waals surface area (Å²) in [5.41, 5.74) is 0. The maximum atomic E-state index is 10.1. The molecule has 90 valence electrons. The summed E-state index contributed by atoms with van der Waals surface area (Å²) in [6.07, 6.45) is 11.4. The Morgan fingerprint density at radius 1 is 1.20 bits per heavy atom. The van der Waals surface area contributed by atoms with Crippen LogP contribution < -0.4 is 0 Å². The Bertz CT molecular complexity index is 149. The Balaban J connectivity index is 2.23. The molecular weight excluding hydrogens is 184 g/mol. The summed E-state index contributed by atoms with van der Waals surface area (Å²) in [4.78, 5) is 0. The first-order valence-corrected chi connectivity index (χ1v) is 6.96. The van der Waals surface area contributed by atoms with Gasteiger partial charge >= 0.3 is 0 Å². The maximum absolute atomic E-state index is 10.1. The molecule has 15 heavy (non-hydrogen) atoms. The minimum absolute atomic E-state index is 0.00527. The van der Waals surface area contributed by atoms with E-state index in [1.54, 1.807) is 0 Å². The van der Waals surface area contributed by atoms with Crippen molar-refractivity contribution < 1.29 is 5.11 Å². The monoisotopic (exact) mass is 212 g/mol. The highest BCUT2D eigenvalue weighted by Crippen LogP contribution is 2.31. The molecule has 1 aliphatic rings. The van der Waals surface area contributed by atoms with Gasteiger partial charge in [0.15, 0.2) is 0 Å². The van der Waals surface area contributed by atoms with Crippen LogP contribution in [-0.4, -0.2) is 11.2 Å². The molecule has 1 N–H and O–H groups in total. The van der Waals surface area contributed by atoms with E-state index >= 15 is 0 Å². The third kappa shape index (κ3) is 4.55. The second kappa shape index (κ2) is 7.27. The molecule has 0 amide bonds. The molecule has 1 saturated carbocycles. The first-order valence-electron chi connectivity index (χ1n) is 6.96. The highest BCUT2D eigenvalue weighted by Gasteiger charge is 2.24. The van der Waals surface area contributed by atoms with Crippen LogP contribution in [0, 0.1) is 11.8 Å². The average Bonchev–Trinajstić information content (AvgIpc) is 2.77. The normalized spacial score (nSPS) is 21.8. The molecule has 0 radical (unpaired) electrons. The van der Waals surface area contributed by atoms with Gasteiger partial charge in [-0.1, -0.05) is 52.4 Å². The largest absolute Gasteiger partial charge is 0.393 e. The molecule has 0 heterocycles. The van der Waals surface area contributed by atoms with Gasteiger partial charge in [0.2, 0.25) is 0 Å². The van der Waals surface area contributed by atoms with Crippen LogP contribution in [0.4, 0.5) is 0 Å². The zero-order valence-electron chi connectivity index (χ0n) is 10.5. The zero-order chi connectivity index (χ0) is 11.1. The van der Waals surface area contributed by atoms with E-state index in [-0.39, 0.29) is 6.10 Å². The Morgan fingerprint density at radius 2 is 1.87 bits per heavy atom. The average molecular weight is 212 g/mol. The summed E-state index contributed by atoms with van der Waals surface area (Å²) < 4.78 is 0. The summed E-state index contributed by atoms with van der Waals surface area (Å²) in [5.74, 6) is 1.39. The summed E-state index contributed by atoms with van der Waals surface area (Å²) in [5, 5.41) is 10.1. The van der Waals surface area contributed by atoms with Crippen molar-refractivity contribution in [3.63, 3.8) is 0 Å².